The van der Waals surface area contributed by atoms with Gasteiger partial charge in [0.2, 0.25) is 6.04 Å². The van der Waals surface area contributed by atoms with E-state index in [1.54, 1.807) is 0 Å². The van der Waals surface area contributed by atoms with Crippen molar-refractivity contribution < 1.29 is 4.92 Å². The van der Waals surface area contributed by atoms with Gasteiger partial charge in [-0.1, -0.05) is 60.2 Å². The quantitative estimate of drug-likeness (QED) is 0.643. The Hall–Kier alpha value is -2.20. The highest BCUT2D eigenvalue weighted by Crippen LogP contribution is 2.30. The van der Waals surface area contributed by atoms with Crippen molar-refractivity contribution >= 4 is 0 Å². The van der Waals surface area contributed by atoms with Gasteiger partial charge in [0.1, 0.15) is 0 Å². The summed E-state index contributed by atoms with van der Waals surface area (Å²) in [6.07, 6.45) is 0. The van der Waals surface area contributed by atoms with E-state index < -0.39 is 6.04 Å². The first-order chi connectivity index (χ1) is 10.6. The van der Waals surface area contributed by atoms with Crippen LogP contribution in [-0.2, 0) is 6.54 Å². The van der Waals surface area contributed by atoms with Crippen LogP contribution in [0.3, 0.4) is 0 Å². The molecule has 0 amide bonds. The van der Waals surface area contributed by atoms with Gasteiger partial charge in [0.15, 0.2) is 0 Å². The van der Waals surface area contributed by atoms with Crippen LogP contribution in [0.5, 0.6) is 0 Å². The fourth-order valence-electron chi connectivity index (χ4n) is 3.19. The summed E-state index contributed by atoms with van der Waals surface area (Å²) in [4.78, 5) is 13.5. The van der Waals surface area contributed by atoms with Crippen molar-refractivity contribution in [3.8, 4) is 0 Å². The van der Waals surface area contributed by atoms with Crippen molar-refractivity contribution in [3.63, 3.8) is 0 Å². The molecule has 1 aliphatic heterocycles. The van der Waals surface area contributed by atoms with Crippen molar-refractivity contribution in [3.05, 3.63) is 81.4 Å². The highest BCUT2D eigenvalue weighted by molar-refractivity contribution is 5.27. The number of benzene rings is 2. The predicted octanol–water partition coefficient (Wildman–Crippen LogP) is 3.24. The van der Waals surface area contributed by atoms with Crippen LogP contribution in [0.15, 0.2) is 54.6 Å². The Morgan fingerprint density at radius 1 is 1.09 bits per heavy atom. The fourth-order valence-corrected chi connectivity index (χ4v) is 3.19. The van der Waals surface area contributed by atoms with Gasteiger partial charge in [0, 0.05) is 18.0 Å². The van der Waals surface area contributed by atoms with E-state index >= 15 is 0 Å². The summed E-state index contributed by atoms with van der Waals surface area (Å²) in [5, 5.41) is 11.4. The Morgan fingerprint density at radius 2 is 1.77 bits per heavy atom. The molecule has 2 aromatic rings. The van der Waals surface area contributed by atoms with E-state index in [1.807, 2.05) is 49.4 Å². The molecule has 0 spiro atoms. The molecular weight excluding hydrogens is 276 g/mol. The number of hydrogen-bond donors (Lipinski definition) is 0. The van der Waals surface area contributed by atoms with Gasteiger partial charge in [-0.25, -0.2) is 0 Å². The van der Waals surface area contributed by atoms with Crippen molar-refractivity contribution in [2.45, 2.75) is 25.4 Å². The molecule has 1 fully saturated rings. The second kappa shape index (κ2) is 6.28. The lowest BCUT2D eigenvalue weighted by Gasteiger charge is -2.15. The second-order valence-electron chi connectivity index (χ2n) is 6.05. The topological polar surface area (TPSA) is 46.4 Å². The molecule has 0 N–H and O–H groups in total. The van der Waals surface area contributed by atoms with Gasteiger partial charge < -0.3 is 0 Å². The molecule has 0 radical (unpaired) electrons. The van der Waals surface area contributed by atoms with Crippen molar-refractivity contribution in [2.75, 3.05) is 13.1 Å². The second-order valence-corrected chi connectivity index (χ2v) is 6.05. The standard InChI is InChI=1S/C18H20N2O2/c1-14-7-9-16(10-8-14)17-12-19(13-18(17)20(21)22)11-15-5-3-2-4-6-15/h2-10,17-18H,11-13H2,1H3/t17-,18+/m0/s1. The average Bonchev–Trinajstić information content (AvgIpc) is 2.93. The summed E-state index contributed by atoms with van der Waals surface area (Å²) in [7, 11) is 0. The van der Waals surface area contributed by atoms with Gasteiger partial charge >= 0.3 is 0 Å². The zero-order valence-corrected chi connectivity index (χ0v) is 12.7. The van der Waals surface area contributed by atoms with Crippen LogP contribution in [0.4, 0.5) is 0 Å². The van der Waals surface area contributed by atoms with Crippen LogP contribution >= 0.6 is 0 Å². The molecular formula is C18H20N2O2. The maximum atomic E-state index is 11.4. The molecule has 22 heavy (non-hydrogen) atoms. The first kappa shape index (κ1) is 14.7. The number of hydrogen-bond acceptors (Lipinski definition) is 3. The molecule has 2 aromatic carbocycles. The number of nitro groups is 1. The fraction of sp³-hybridized carbons (Fsp3) is 0.333. The molecule has 1 saturated heterocycles. The lowest BCUT2D eigenvalue weighted by molar-refractivity contribution is -0.521. The Kier molecular flexibility index (Phi) is 4.20. The maximum Gasteiger partial charge on any atom is 0.233 e. The number of aryl methyl sites for hydroxylation is 1. The van der Waals surface area contributed by atoms with E-state index in [2.05, 4.69) is 17.0 Å². The Labute approximate surface area is 130 Å². The van der Waals surface area contributed by atoms with Gasteiger partial charge in [0.25, 0.3) is 0 Å². The van der Waals surface area contributed by atoms with Crippen LogP contribution < -0.4 is 0 Å². The summed E-state index contributed by atoms with van der Waals surface area (Å²) >= 11 is 0. The molecule has 0 aliphatic carbocycles. The molecule has 0 unspecified atom stereocenters. The normalized spacial score (nSPS) is 21.9. The third-order valence-corrected chi connectivity index (χ3v) is 4.39. The third kappa shape index (κ3) is 3.17. The molecule has 3 rings (SSSR count). The van der Waals surface area contributed by atoms with Gasteiger partial charge in [-0.3, -0.25) is 15.0 Å². The van der Waals surface area contributed by atoms with E-state index in [0.29, 0.717) is 6.54 Å². The van der Waals surface area contributed by atoms with Crippen LogP contribution in [-0.4, -0.2) is 29.0 Å². The van der Waals surface area contributed by atoms with Gasteiger partial charge in [-0.05, 0) is 18.1 Å². The van der Waals surface area contributed by atoms with Gasteiger partial charge in [-0.2, -0.15) is 0 Å². The molecule has 0 bridgehead atoms. The van der Waals surface area contributed by atoms with Gasteiger partial charge in [0.05, 0.1) is 12.5 Å². The van der Waals surface area contributed by atoms with Crippen molar-refractivity contribution in [1.82, 2.24) is 4.90 Å². The average molecular weight is 296 g/mol. The van der Waals surface area contributed by atoms with Crippen LogP contribution in [0.25, 0.3) is 0 Å². The summed E-state index contributed by atoms with van der Waals surface area (Å²) < 4.78 is 0. The zero-order chi connectivity index (χ0) is 15.5. The maximum absolute atomic E-state index is 11.4. The molecule has 1 aliphatic rings. The van der Waals surface area contributed by atoms with Crippen LogP contribution in [0.1, 0.15) is 22.6 Å². The SMILES string of the molecule is Cc1ccc([C@@H]2CN(Cc3ccccc3)C[C@H]2[N+](=O)[O-])cc1. The summed E-state index contributed by atoms with van der Waals surface area (Å²) in [5.74, 6) is -0.0284. The number of nitrogens with zero attached hydrogens (tertiary/aromatic N) is 2. The van der Waals surface area contributed by atoms with E-state index in [-0.39, 0.29) is 10.8 Å². The number of rotatable bonds is 4. The van der Waals surface area contributed by atoms with Crippen molar-refractivity contribution in [2.24, 2.45) is 0 Å². The van der Waals surface area contributed by atoms with Crippen LogP contribution in [0.2, 0.25) is 0 Å². The minimum absolute atomic E-state index is 0.0284. The Balaban J connectivity index is 1.77. The molecule has 1 heterocycles. The molecule has 0 aromatic heterocycles. The van der Waals surface area contributed by atoms with Gasteiger partial charge in [-0.15, -0.1) is 0 Å². The lowest BCUT2D eigenvalue weighted by atomic mass is 9.94. The molecule has 0 saturated carbocycles. The largest absolute Gasteiger partial charge is 0.292 e. The number of likely N-dealkylation sites (tertiary alicyclic amines) is 1. The zero-order valence-electron chi connectivity index (χ0n) is 12.7. The summed E-state index contributed by atoms with van der Waals surface area (Å²) in [6, 6.07) is 17.8. The molecule has 4 heteroatoms. The third-order valence-electron chi connectivity index (χ3n) is 4.39. The predicted molar refractivity (Wildman–Crippen MR) is 86.4 cm³/mol. The minimum Gasteiger partial charge on any atom is -0.292 e. The van der Waals surface area contributed by atoms with E-state index in [1.165, 1.54) is 11.1 Å². The molecule has 114 valence electrons. The first-order valence-corrected chi connectivity index (χ1v) is 7.60. The monoisotopic (exact) mass is 296 g/mol. The van der Waals surface area contributed by atoms with E-state index in [9.17, 15) is 10.1 Å². The molecule has 4 nitrogen and oxygen atoms in total. The van der Waals surface area contributed by atoms with E-state index in [0.717, 1.165) is 18.7 Å². The lowest BCUT2D eigenvalue weighted by Crippen LogP contribution is -2.28. The first-order valence-electron chi connectivity index (χ1n) is 7.60. The van der Waals surface area contributed by atoms with Crippen LogP contribution in [0, 0.1) is 17.0 Å². The summed E-state index contributed by atoms with van der Waals surface area (Å²) in [5.41, 5.74) is 3.46. The smallest absolute Gasteiger partial charge is 0.233 e. The van der Waals surface area contributed by atoms with E-state index in [4.69, 9.17) is 0 Å². The van der Waals surface area contributed by atoms with Crippen molar-refractivity contribution in [1.29, 1.82) is 0 Å². The Morgan fingerprint density at radius 3 is 2.41 bits per heavy atom. The highest BCUT2D eigenvalue weighted by Gasteiger charge is 2.41. The minimum atomic E-state index is -0.522. The summed E-state index contributed by atoms with van der Waals surface area (Å²) in [6.45, 7) is 4.06. The molecule has 2 atom stereocenters. The highest BCUT2D eigenvalue weighted by atomic mass is 16.6. The Bertz CT molecular complexity index is 640.